The zero-order chi connectivity index (χ0) is 13.7. The monoisotopic (exact) mass is 252 g/mol. The van der Waals surface area contributed by atoms with Crippen LogP contribution in [-0.2, 0) is 6.42 Å². The molecule has 102 valence electrons. The summed E-state index contributed by atoms with van der Waals surface area (Å²) in [5.74, 6) is 2.75. The van der Waals surface area contributed by atoms with Gasteiger partial charge < -0.3 is 14.2 Å². The van der Waals surface area contributed by atoms with Crippen LogP contribution >= 0.6 is 0 Å². The lowest BCUT2D eigenvalue weighted by atomic mass is 10.0. The van der Waals surface area contributed by atoms with Gasteiger partial charge in [-0.2, -0.15) is 0 Å². The minimum atomic E-state index is 0.0868. The number of benzene rings is 1. The fourth-order valence-electron chi connectivity index (χ4n) is 1.88. The molecule has 0 unspecified atom stereocenters. The molecule has 0 aliphatic carbocycles. The summed E-state index contributed by atoms with van der Waals surface area (Å²) in [6.07, 6.45) is 1.08. The maximum atomic E-state index is 5.77. The summed E-state index contributed by atoms with van der Waals surface area (Å²) in [5.41, 5.74) is 1.20. The summed E-state index contributed by atoms with van der Waals surface area (Å²) >= 11 is 0. The van der Waals surface area contributed by atoms with Crippen molar-refractivity contribution in [3.05, 3.63) is 17.7 Å². The van der Waals surface area contributed by atoms with Crippen LogP contribution in [0.2, 0.25) is 0 Å². The number of rotatable bonds is 6. The molecule has 0 spiro atoms. The molecule has 0 radical (unpaired) electrons. The summed E-state index contributed by atoms with van der Waals surface area (Å²) in [4.78, 5) is 0. The van der Waals surface area contributed by atoms with Gasteiger partial charge in [-0.15, -0.1) is 0 Å². The fourth-order valence-corrected chi connectivity index (χ4v) is 1.88. The molecule has 1 rings (SSSR count). The number of hydrogen-bond donors (Lipinski definition) is 0. The Morgan fingerprint density at radius 1 is 0.944 bits per heavy atom. The lowest BCUT2D eigenvalue weighted by Gasteiger charge is -2.18. The summed E-state index contributed by atoms with van der Waals surface area (Å²) in [7, 11) is 3.31. The molecular formula is C15H24O3. The molecule has 18 heavy (non-hydrogen) atoms. The second kappa shape index (κ2) is 6.53. The highest BCUT2D eigenvalue weighted by Gasteiger charge is 2.15. The highest BCUT2D eigenvalue weighted by Crippen LogP contribution is 2.39. The molecule has 0 saturated carbocycles. The van der Waals surface area contributed by atoms with Crippen molar-refractivity contribution in [3.63, 3.8) is 0 Å². The van der Waals surface area contributed by atoms with Crippen LogP contribution < -0.4 is 14.2 Å². The third-order valence-corrected chi connectivity index (χ3v) is 2.52. The molecule has 0 N–H and O–H groups in total. The van der Waals surface area contributed by atoms with Gasteiger partial charge in [0.25, 0.3) is 0 Å². The van der Waals surface area contributed by atoms with E-state index < -0.39 is 0 Å². The highest BCUT2D eigenvalue weighted by molar-refractivity contribution is 5.54. The van der Waals surface area contributed by atoms with E-state index in [0.29, 0.717) is 11.7 Å². The average Bonchev–Trinajstić information content (AvgIpc) is 2.29. The Hall–Kier alpha value is -1.38. The Morgan fingerprint density at radius 2 is 1.44 bits per heavy atom. The summed E-state index contributed by atoms with van der Waals surface area (Å²) < 4.78 is 16.6. The predicted octanol–water partition coefficient (Wildman–Crippen LogP) is 3.69. The van der Waals surface area contributed by atoms with E-state index in [9.17, 15) is 0 Å². The van der Waals surface area contributed by atoms with Crippen molar-refractivity contribution in [3.8, 4) is 17.2 Å². The Balaban J connectivity index is 3.16. The first-order valence-corrected chi connectivity index (χ1v) is 6.39. The quantitative estimate of drug-likeness (QED) is 0.772. The van der Waals surface area contributed by atoms with Gasteiger partial charge >= 0.3 is 0 Å². The minimum absolute atomic E-state index is 0.0868. The van der Waals surface area contributed by atoms with Crippen molar-refractivity contribution < 1.29 is 14.2 Å². The van der Waals surface area contributed by atoms with E-state index in [1.54, 1.807) is 14.2 Å². The molecule has 3 nitrogen and oxygen atoms in total. The zero-order valence-electron chi connectivity index (χ0n) is 12.2. The van der Waals surface area contributed by atoms with E-state index in [2.05, 4.69) is 13.8 Å². The van der Waals surface area contributed by atoms with Crippen molar-refractivity contribution in [1.82, 2.24) is 0 Å². The number of ether oxygens (including phenoxy) is 3. The second-order valence-corrected chi connectivity index (χ2v) is 5.09. The van der Waals surface area contributed by atoms with Gasteiger partial charge in [0, 0.05) is 0 Å². The number of methoxy groups -OCH3 is 2. The van der Waals surface area contributed by atoms with Gasteiger partial charge in [-0.05, 0) is 43.9 Å². The molecule has 0 fully saturated rings. The zero-order valence-corrected chi connectivity index (χ0v) is 12.2. The Labute approximate surface area is 110 Å². The minimum Gasteiger partial charge on any atom is -0.493 e. The van der Waals surface area contributed by atoms with E-state index in [4.69, 9.17) is 14.2 Å². The lowest BCUT2D eigenvalue weighted by Crippen LogP contribution is -2.08. The molecule has 3 heteroatoms. The van der Waals surface area contributed by atoms with Crippen molar-refractivity contribution in [2.24, 2.45) is 5.92 Å². The summed E-state index contributed by atoms with van der Waals surface area (Å²) in [5, 5.41) is 0. The Kier molecular flexibility index (Phi) is 5.32. The third-order valence-electron chi connectivity index (χ3n) is 2.52. The first kappa shape index (κ1) is 14.7. The molecule has 0 heterocycles. The Morgan fingerprint density at radius 3 is 1.78 bits per heavy atom. The molecule has 0 aromatic heterocycles. The van der Waals surface area contributed by atoms with E-state index >= 15 is 0 Å². The molecule has 0 aliphatic rings. The van der Waals surface area contributed by atoms with Gasteiger partial charge in [0.05, 0.1) is 20.3 Å². The van der Waals surface area contributed by atoms with Crippen LogP contribution in [0.25, 0.3) is 0 Å². The van der Waals surface area contributed by atoms with E-state index in [0.717, 1.165) is 17.9 Å². The molecule has 0 saturated heterocycles. The Bertz CT molecular complexity index is 358. The summed E-state index contributed by atoms with van der Waals surface area (Å²) in [6.45, 7) is 8.36. The van der Waals surface area contributed by atoms with Crippen LogP contribution in [0.5, 0.6) is 17.2 Å². The first-order chi connectivity index (χ1) is 8.47. The third kappa shape index (κ3) is 3.83. The topological polar surface area (TPSA) is 27.7 Å². The van der Waals surface area contributed by atoms with Crippen LogP contribution in [0, 0.1) is 5.92 Å². The van der Waals surface area contributed by atoms with Crippen LogP contribution in [-0.4, -0.2) is 20.3 Å². The highest BCUT2D eigenvalue weighted by atomic mass is 16.5. The van der Waals surface area contributed by atoms with E-state index in [1.165, 1.54) is 5.56 Å². The SMILES string of the molecule is COc1cc(CC(C)C)cc(OC)c1OC(C)C. The van der Waals surface area contributed by atoms with Crippen LogP contribution in [0.4, 0.5) is 0 Å². The van der Waals surface area contributed by atoms with Gasteiger partial charge in [-0.1, -0.05) is 13.8 Å². The van der Waals surface area contributed by atoms with E-state index in [-0.39, 0.29) is 6.10 Å². The average molecular weight is 252 g/mol. The first-order valence-electron chi connectivity index (χ1n) is 6.39. The molecule has 1 aromatic carbocycles. The predicted molar refractivity (Wildman–Crippen MR) is 73.9 cm³/mol. The van der Waals surface area contributed by atoms with Crippen LogP contribution in [0.3, 0.4) is 0 Å². The normalized spacial score (nSPS) is 10.9. The van der Waals surface area contributed by atoms with Crippen LogP contribution in [0.1, 0.15) is 33.3 Å². The standard InChI is InChI=1S/C15H24O3/c1-10(2)7-12-8-13(16-5)15(18-11(3)4)14(9-12)17-6/h8-11H,7H2,1-6H3. The van der Waals surface area contributed by atoms with Gasteiger partial charge in [0.1, 0.15) is 0 Å². The van der Waals surface area contributed by atoms with Gasteiger partial charge in [-0.3, -0.25) is 0 Å². The maximum Gasteiger partial charge on any atom is 0.203 e. The molecule has 0 aliphatic heterocycles. The van der Waals surface area contributed by atoms with Gasteiger partial charge in [0.2, 0.25) is 5.75 Å². The molecule has 0 atom stereocenters. The van der Waals surface area contributed by atoms with E-state index in [1.807, 2.05) is 26.0 Å². The van der Waals surface area contributed by atoms with Crippen molar-refractivity contribution in [2.45, 2.75) is 40.2 Å². The van der Waals surface area contributed by atoms with Crippen molar-refractivity contribution >= 4 is 0 Å². The number of hydrogen-bond acceptors (Lipinski definition) is 3. The fraction of sp³-hybridized carbons (Fsp3) is 0.600. The second-order valence-electron chi connectivity index (χ2n) is 5.09. The molecule has 1 aromatic rings. The summed E-state index contributed by atoms with van der Waals surface area (Å²) in [6, 6.07) is 4.06. The maximum absolute atomic E-state index is 5.77. The lowest BCUT2D eigenvalue weighted by molar-refractivity contribution is 0.218. The van der Waals surface area contributed by atoms with Crippen LogP contribution in [0.15, 0.2) is 12.1 Å². The van der Waals surface area contributed by atoms with Crippen molar-refractivity contribution in [1.29, 1.82) is 0 Å². The molecule has 0 bridgehead atoms. The largest absolute Gasteiger partial charge is 0.493 e. The molecule has 0 amide bonds. The van der Waals surface area contributed by atoms with Gasteiger partial charge in [0.15, 0.2) is 11.5 Å². The van der Waals surface area contributed by atoms with Gasteiger partial charge in [-0.25, -0.2) is 0 Å². The van der Waals surface area contributed by atoms with Crippen molar-refractivity contribution in [2.75, 3.05) is 14.2 Å². The smallest absolute Gasteiger partial charge is 0.203 e. The molecular weight excluding hydrogens is 228 g/mol.